The van der Waals surface area contributed by atoms with E-state index in [2.05, 4.69) is 0 Å². The molecule has 0 bridgehead atoms. The first kappa shape index (κ1) is 13.7. The molecule has 1 saturated heterocycles. The molecule has 2 heterocycles. The lowest BCUT2D eigenvalue weighted by atomic mass is 10.1. The van der Waals surface area contributed by atoms with Gasteiger partial charge in [0.1, 0.15) is 18.3 Å². The van der Waals surface area contributed by atoms with Gasteiger partial charge in [-0.3, -0.25) is 14.3 Å². The van der Waals surface area contributed by atoms with Gasteiger partial charge in [-0.05, 0) is 0 Å². The van der Waals surface area contributed by atoms with Crippen molar-refractivity contribution in [1.29, 1.82) is 0 Å². The number of rotatable bonds is 3. The second-order valence-corrected chi connectivity index (χ2v) is 4.09. The van der Waals surface area contributed by atoms with Crippen LogP contribution >= 0.6 is 0 Å². The number of aromatic nitrogens is 2. The molecule has 106 valence electrons. The molecule has 1 fully saturated rings. The number of methoxy groups -OCH3 is 1. The molecule has 9 nitrogen and oxygen atoms in total. The SMILES string of the molecule is COc1cn(C2O[C@H](CO)[C@@H](O)[C@H]2O)c(=O)[nH]c1=O. The molecule has 4 atom stereocenters. The van der Waals surface area contributed by atoms with Gasteiger partial charge in [0.2, 0.25) is 5.75 Å². The van der Waals surface area contributed by atoms with Crippen molar-refractivity contribution in [2.24, 2.45) is 0 Å². The van der Waals surface area contributed by atoms with Crippen LogP contribution in [0.25, 0.3) is 0 Å². The number of aromatic amines is 1. The minimum atomic E-state index is -1.41. The van der Waals surface area contributed by atoms with Crippen LogP contribution in [-0.4, -0.2) is 56.9 Å². The smallest absolute Gasteiger partial charge is 0.330 e. The van der Waals surface area contributed by atoms with Crippen LogP contribution in [0.5, 0.6) is 5.75 Å². The van der Waals surface area contributed by atoms with Gasteiger partial charge >= 0.3 is 5.69 Å². The van der Waals surface area contributed by atoms with Crippen molar-refractivity contribution in [3.05, 3.63) is 27.0 Å². The number of H-pyrrole nitrogens is 1. The molecule has 1 aromatic heterocycles. The molecule has 0 saturated carbocycles. The number of aliphatic hydroxyl groups excluding tert-OH is 3. The highest BCUT2D eigenvalue weighted by atomic mass is 16.6. The topological polar surface area (TPSA) is 134 Å². The quantitative estimate of drug-likeness (QED) is 0.466. The number of nitrogens with zero attached hydrogens (tertiary/aromatic N) is 1. The van der Waals surface area contributed by atoms with E-state index in [0.717, 1.165) is 10.8 Å². The lowest BCUT2D eigenvalue weighted by molar-refractivity contribution is -0.0552. The molecule has 19 heavy (non-hydrogen) atoms. The van der Waals surface area contributed by atoms with Crippen LogP contribution in [0, 0.1) is 0 Å². The second-order valence-electron chi connectivity index (χ2n) is 4.09. The van der Waals surface area contributed by atoms with E-state index in [9.17, 15) is 19.8 Å². The lowest BCUT2D eigenvalue weighted by Crippen LogP contribution is -2.38. The molecule has 0 spiro atoms. The maximum absolute atomic E-state index is 11.7. The van der Waals surface area contributed by atoms with Crippen LogP contribution in [0.4, 0.5) is 0 Å². The summed E-state index contributed by atoms with van der Waals surface area (Å²) < 4.78 is 10.8. The predicted octanol–water partition coefficient (Wildman–Crippen LogP) is -2.84. The summed E-state index contributed by atoms with van der Waals surface area (Å²) in [6.45, 7) is -0.510. The fraction of sp³-hybridized carbons (Fsp3) is 0.600. The van der Waals surface area contributed by atoms with Crippen LogP contribution < -0.4 is 16.0 Å². The highest BCUT2D eigenvalue weighted by Crippen LogP contribution is 2.28. The first-order valence-electron chi connectivity index (χ1n) is 5.51. The molecule has 4 N–H and O–H groups in total. The number of ether oxygens (including phenoxy) is 2. The van der Waals surface area contributed by atoms with Crippen molar-refractivity contribution in [2.45, 2.75) is 24.5 Å². The number of hydrogen-bond donors (Lipinski definition) is 4. The van der Waals surface area contributed by atoms with Gasteiger partial charge in [0.15, 0.2) is 6.23 Å². The Morgan fingerprint density at radius 1 is 1.42 bits per heavy atom. The first-order chi connectivity index (χ1) is 8.99. The van der Waals surface area contributed by atoms with Crippen LogP contribution in [-0.2, 0) is 4.74 Å². The zero-order chi connectivity index (χ0) is 14.2. The van der Waals surface area contributed by atoms with Crippen molar-refractivity contribution in [1.82, 2.24) is 9.55 Å². The molecule has 1 unspecified atom stereocenters. The summed E-state index contributed by atoms with van der Waals surface area (Å²) in [5.74, 6) is -0.141. The molecule has 0 radical (unpaired) electrons. The van der Waals surface area contributed by atoms with E-state index in [1.165, 1.54) is 7.11 Å². The summed E-state index contributed by atoms with van der Waals surface area (Å²) in [5, 5.41) is 28.4. The first-order valence-corrected chi connectivity index (χ1v) is 5.51. The molecule has 0 amide bonds. The molecule has 1 aliphatic heterocycles. The number of aliphatic hydroxyl groups is 3. The lowest BCUT2D eigenvalue weighted by Gasteiger charge is -2.17. The van der Waals surface area contributed by atoms with Gasteiger partial charge in [-0.1, -0.05) is 0 Å². The van der Waals surface area contributed by atoms with Crippen molar-refractivity contribution in [2.75, 3.05) is 13.7 Å². The Hall–Kier alpha value is -1.68. The van der Waals surface area contributed by atoms with E-state index in [1.54, 1.807) is 0 Å². The van der Waals surface area contributed by atoms with Crippen molar-refractivity contribution < 1.29 is 24.8 Å². The Balaban J connectivity index is 2.43. The summed E-state index contributed by atoms with van der Waals surface area (Å²) in [4.78, 5) is 25.0. The van der Waals surface area contributed by atoms with Gasteiger partial charge in [-0.2, -0.15) is 0 Å². The minimum absolute atomic E-state index is 0.141. The second kappa shape index (κ2) is 5.13. The molecule has 1 aliphatic rings. The Bertz CT molecular complexity index is 566. The highest BCUT2D eigenvalue weighted by molar-refractivity contribution is 5.12. The van der Waals surface area contributed by atoms with Gasteiger partial charge in [-0.15, -0.1) is 0 Å². The third-order valence-electron chi connectivity index (χ3n) is 2.95. The maximum atomic E-state index is 11.7. The average Bonchev–Trinajstić information content (AvgIpc) is 2.67. The minimum Gasteiger partial charge on any atom is -0.490 e. The Kier molecular flexibility index (Phi) is 3.71. The summed E-state index contributed by atoms with van der Waals surface area (Å²) in [6.07, 6.45) is -3.90. The third-order valence-corrected chi connectivity index (χ3v) is 2.95. The standard InChI is InChI=1S/C10H14N2O7/c1-18-4-2-12(10(17)11-8(4)16)9-7(15)6(14)5(3-13)19-9/h2,5-7,9,13-15H,3H2,1H3,(H,11,16,17)/t5-,6-,7-,9?/m1/s1. The van der Waals surface area contributed by atoms with Crippen LogP contribution in [0.1, 0.15) is 6.23 Å². The van der Waals surface area contributed by atoms with Gasteiger partial charge in [0, 0.05) is 0 Å². The molecule has 1 aromatic rings. The number of nitrogens with one attached hydrogen (secondary N) is 1. The predicted molar refractivity (Wildman–Crippen MR) is 60.9 cm³/mol. The molecule has 9 heteroatoms. The van der Waals surface area contributed by atoms with Crippen molar-refractivity contribution >= 4 is 0 Å². The third kappa shape index (κ3) is 2.28. The van der Waals surface area contributed by atoms with Gasteiger partial charge in [0.05, 0.1) is 19.9 Å². The van der Waals surface area contributed by atoms with E-state index in [4.69, 9.17) is 14.6 Å². The van der Waals surface area contributed by atoms with Gasteiger partial charge in [-0.25, -0.2) is 4.79 Å². The molecule has 0 aliphatic carbocycles. The Morgan fingerprint density at radius 2 is 2.11 bits per heavy atom. The van der Waals surface area contributed by atoms with Gasteiger partial charge in [0.25, 0.3) is 5.56 Å². The van der Waals surface area contributed by atoms with Crippen molar-refractivity contribution in [3.8, 4) is 5.75 Å². The van der Waals surface area contributed by atoms with E-state index < -0.39 is 42.4 Å². The van der Waals surface area contributed by atoms with E-state index in [1.807, 2.05) is 4.98 Å². The van der Waals surface area contributed by atoms with E-state index >= 15 is 0 Å². The maximum Gasteiger partial charge on any atom is 0.330 e. The zero-order valence-electron chi connectivity index (χ0n) is 10.0. The van der Waals surface area contributed by atoms with Crippen molar-refractivity contribution in [3.63, 3.8) is 0 Å². The van der Waals surface area contributed by atoms with E-state index in [0.29, 0.717) is 0 Å². The monoisotopic (exact) mass is 274 g/mol. The molecular formula is C10H14N2O7. The Morgan fingerprint density at radius 3 is 2.63 bits per heavy atom. The Labute approximate surface area is 106 Å². The van der Waals surface area contributed by atoms with Crippen LogP contribution in [0.2, 0.25) is 0 Å². The largest absolute Gasteiger partial charge is 0.490 e. The zero-order valence-corrected chi connectivity index (χ0v) is 10.0. The molecule has 2 rings (SSSR count). The summed E-state index contributed by atoms with van der Waals surface area (Å²) in [5.41, 5.74) is -1.53. The molecule has 0 aromatic carbocycles. The summed E-state index contributed by atoms with van der Waals surface area (Å²) >= 11 is 0. The highest BCUT2D eigenvalue weighted by Gasteiger charge is 2.43. The summed E-state index contributed by atoms with van der Waals surface area (Å²) in [6, 6.07) is 0. The fourth-order valence-electron chi connectivity index (χ4n) is 1.91. The normalized spacial score (nSPS) is 30.5. The van der Waals surface area contributed by atoms with E-state index in [-0.39, 0.29) is 5.75 Å². The average molecular weight is 274 g/mol. The molecular weight excluding hydrogens is 260 g/mol. The fourth-order valence-corrected chi connectivity index (χ4v) is 1.91. The summed E-state index contributed by atoms with van der Waals surface area (Å²) in [7, 11) is 1.25. The van der Waals surface area contributed by atoms with Crippen LogP contribution in [0.3, 0.4) is 0 Å². The van der Waals surface area contributed by atoms with Gasteiger partial charge < -0.3 is 24.8 Å². The van der Waals surface area contributed by atoms with Crippen LogP contribution in [0.15, 0.2) is 15.8 Å². The number of hydrogen-bond acceptors (Lipinski definition) is 7.